The van der Waals surface area contributed by atoms with E-state index in [9.17, 15) is 14.7 Å². The fourth-order valence-electron chi connectivity index (χ4n) is 1.25. The number of nitrogens with one attached hydrogen (secondary N) is 1. The number of H-pyrrole nitrogens is 1. The highest BCUT2D eigenvalue weighted by atomic mass is 16.5. The van der Waals surface area contributed by atoms with Gasteiger partial charge in [0.1, 0.15) is 5.69 Å². The number of carbonyl (C=O) groups is 1. The number of esters is 1. The molecule has 0 aliphatic carbocycles. The molecule has 18 heavy (non-hydrogen) atoms. The van der Waals surface area contributed by atoms with Crippen LogP contribution in [0, 0.1) is 0 Å². The van der Waals surface area contributed by atoms with Gasteiger partial charge in [0.25, 0.3) is 5.56 Å². The van der Waals surface area contributed by atoms with E-state index < -0.39 is 23.0 Å². The molecule has 0 fully saturated rings. The van der Waals surface area contributed by atoms with Crippen molar-refractivity contribution in [2.24, 2.45) is 0 Å². The lowest BCUT2D eigenvalue weighted by molar-refractivity contribution is 0.0590. The number of aromatic nitrogens is 4. The number of nitrogens with zero attached hydrogens (tertiary/aromatic N) is 3. The quantitative estimate of drug-likeness (QED) is 0.701. The second-order valence-corrected chi connectivity index (χ2v) is 3.19. The molecule has 0 saturated heterocycles. The van der Waals surface area contributed by atoms with Crippen LogP contribution in [-0.2, 0) is 4.74 Å². The van der Waals surface area contributed by atoms with Crippen molar-refractivity contribution in [1.82, 2.24) is 19.9 Å². The molecule has 0 aromatic carbocycles. The van der Waals surface area contributed by atoms with Crippen LogP contribution in [0.5, 0.6) is 5.75 Å². The zero-order valence-corrected chi connectivity index (χ0v) is 9.25. The molecule has 0 spiro atoms. The summed E-state index contributed by atoms with van der Waals surface area (Å²) in [6.45, 7) is 0. The maximum atomic E-state index is 11.5. The van der Waals surface area contributed by atoms with E-state index in [1.54, 1.807) is 0 Å². The standard InChI is InChI=1S/C10H8N4O4/c1-18-10(17)6-7(15)9(16)14-8(13-6)5-4-11-2-3-12-5/h2-4,15H,1H3,(H,13,14,16). The maximum Gasteiger partial charge on any atom is 0.360 e. The molecule has 0 bridgehead atoms. The third-order valence-electron chi connectivity index (χ3n) is 2.08. The van der Waals surface area contributed by atoms with Crippen LogP contribution in [0.15, 0.2) is 23.4 Å². The first kappa shape index (κ1) is 11.7. The van der Waals surface area contributed by atoms with Crippen LogP contribution in [0.3, 0.4) is 0 Å². The molecule has 2 rings (SSSR count). The summed E-state index contributed by atoms with van der Waals surface area (Å²) in [5, 5.41) is 9.43. The van der Waals surface area contributed by atoms with E-state index in [0.717, 1.165) is 7.11 Å². The van der Waals surface area contributed by atoms with Gasteiger partial charge < -0.3 is 14.8 Å². The van der Waals surface area contributed by atoms with E-state index in [0.29, 0.717) is 0 Å². The minimum Gasteiger partial charge on any atom is -0.501 e. The fourth-order valence-corrected chi connectivity index (χ4v) is 1.25. The average molecular weight is 248 g/mol. The Morgan fingerprint density at radius 1 is 1.44 bits per heavy atom. The number of aromatic amines is 1. The van der Waals surface area contributed by atoms with Crippen LogP contribution in [0.25, 0.3) is 11.5 Å². The van der Waals surface area contributed by atoms with Gasteiger partial charge in [-0.05, 0) is 0 Å². The molecule has 8 nitrogen and oxygen atoms in total. The Kier molecular flexibility index (Phi) is 3.00. The molecule has 92 valence electrons. The molecule has 0 radical (unpaired) electrons. The van der Waals surface area contributed by atoms with Crippen LogP contribution in [0.4, 0.5) is 0 Å². The predicted octanol–water partition coefficient (Wildman–Crippen LogP) is -0.281. The predicted molar refractivity (Wildman–Crippen MR) is 58.9 cm³/mol. The Morgan fingerprint density at radius 2 is 2.22 bits per heavy atom. The minimum atomic E-state index is -0.913. The van der Waals surface area contributed by atoms with Crippen molar-refractivity contribution in [1.29, 1.82) is 0 Å². The van der Waals surface area contributed by atoms with Crippen LogP contribution in [0.2, 0.25) is 0 Å². The Balaban J connectivity index is 2.62. The van der Waals surface area contributed by atoms with Crippen molar-refractivity contribution in [3.63, 3.8) is 0 Å². The smallest absolute Gasteiger partial charge is 0.360 e. The molecule has 0 aliphatic rings. The van der Waals surface area contributed by atoms with Gasteiger partial charge in [0, 0.05) is 12.4 Å². The molecular weight excluding hydrogens is 240 g/mol. The van der Waals surface area contributed by atoms with Crippen LogP contribution in [0.1, 0.15) is 10.5 Å². The van der Waals surface area contributed by atoms with Crippen LogP contribution < -0.4 is 5.56 Å². The zero-order chi connectivity index (χ0) is 13.1. The molecule has 2 heterocycles. The Morgan fingerprint density at radius 3 is 2.83 bits per heavy atom. The molecule has 0 unspecified atom stereocenters. The van der Waals surface area contributed by atoms with Crippen LogP contribution in [-0.4, -0.2) is 38.1 Å². The summed E-state index contributed by atoms with van der Waals surface area (Å²) < 4.78 is 4.41. The Hall–Kier alpha value is -2.77. The van der Waals surface area contributed by atoms with Gasteiger partial charge in [0.15, 0.2) is 11.5 Å². The van der Waals surface area contributed by atoms with Crippen molar-refractivity contribution >= 4 is 5.97 Å². The summed E-state index contributed by atoms with van der Waals surface area (Å²) in [6, 6.07) is 0. The van der Waals surface area contributed by atoms with Crippen LogP contribution >= 0.6 is 0 Å². The van der Waals surface area contributed by atoms with E-state index in [4.69, 9.17) is 0 Å². The van der Waals surface area contributed by atoms with Gasteiger partial charge >= 0.3 is 5.97 Å². The van der Waals surface area contributed by atoms with Crippen molar-refractivity contribution < 1.29 is 14.6 Å². The van der Waals surface area contributed by atoms with E-state index in [-0.39, 0.29) is 11.5 Å². The number of hydrogen-bond donors (Lipinski definition) is 2. The van der Waals surface area contributed by atoms with E-state index in [1.807, 2.05) is 0 Å². The minimum absolute atomic E-state index is 0.0197. The zero-order valence-electron chi connectivity index (χ0n) is 9.25. The Labute approximate surface area is 100 Å². The molecule has 8 heteroatoms. The van der Waals surface area contributed by atoms with Gasteiger partial charge in [0.2, 0.25) is 5.75 Å². The topological polar surface area (TPSA) is 118 Å². The molecule has 0 atom stereocenters. The normalized spacial score (nSPS) is 10.1. The molecule has 2 aromatic rings. The fraction of sp³-hybridized carbons (Fsp3) is 0.100. The van der Waals surface area contributed by atoms with Gasteiger partial charge in [-0.1, -0.05) is 0 Å². The summed E-state index contributed by atoms with van der Waals surface area (Å²) in [5.74, 6) is -1.69. The van der Waals surface area contributed by atoms with E-state index in [2.05, 4.69) is 24.7 Å². The molecule has 2 N–H and O–H groups in total. The number of hydrogen-bond acceptors (Lipinski definition) is 7. The van der Waals surface area contributed by atoms with Crippen molar-refractivity contribution in [2.45, 2.75) is 0 Å². The number of methoxy groups -OCH3 is 1. The molecule has 0 aliphatic heterocycles. The maximum absolute atomic E-state index is 11.5. The summed E-state index contributed by atoms with van der Waals surface area (Å²) >= 11 is 0. The molecule has 2 aromatic heterocycles. The highest BCUT2D eigenvalue weighted by Crippen LogP contribution is 2.14. The van der Waals surface area contributed by atoms with Crippen molar-refractivity contribution in [2.75, 3.05) is 7.11 Å². The number of aromatic hydroxyl groups is 1. The Bertz CT molecular complexity index is 638. The van der Waals surface area contributed by atoms with Crippen molar-refractivity contribution in [3.05, 3.63) is 34.6 Å². The lowest BCUT2D eigenvalue weighted by Gasteiger charge is -2.04. The summed E-state index contributed by atoms with van der Waals surface area (Å²) in [6.07, 6.45) is 4.21. The van der Waals surface area contributed by atoms with Gasteiger partial charge in [-0.15, -0.1) is 0 Å². The summed E-state index contributed by atoms with van der Waals surface area (Å²) in [7, 11) is 1.12. The SMILES string of the molecule is COC(=O)c1nc(-c2cnccn2)[nH]c(=O)c1O. The molecular formula is C10H8N4O4. The van der Waals surface area contributed by atoms with E-state index in [1.165, 1.54) is 18.6 Å². The van der Waals surface area contributed by atoms with Crippen molar-refractivity contribution in [3.8, 4) is 17.3 Å². The monoisotopic (exact) mass is 248 g/mol. The second-order valence-electron chi connectivity index (χ2n) is 3.19. The lowest BCUT2D eigenvalue weighted by atomic mass is 10.3. The summed E-state index contributed by atoms with van der Waals surface area (Å²) in [5.41, 5.74) is -1.06. The third kappa shape index (κ3) is 2.03. The first-order valence-electron chi connectivity index (χ1n) is 4.81. The highest BCUT2D eigenvalue weighted by Gasteiger charge is 2.19. The number of rotatable bonds is 2. The first-order chi connectivity index (χ1) is 8.63. The third-order valence-corrected chi connectivity index (χ3v) is 2.08. The van der Waals surface area contributed by atoms with Gasteiger partial charge in [-0.2, -0.15) is 0 Å². The summed E-state index contributed by atoms with van der Waals surface area (Å²) in [4.78, 5) is 36.6. The van der Waals surface area contributed by atoms with Gasteiger partial charge in [-0.3, -0.25) is 9.78 Å². The van der Waals surface area contributed by atoms with Gasteiger partial charge in [0.05, 0.1) is 13.3 Å². The second kappa shape index (κ2) is 4.62. The average Bonchev–Trinajstić information content (AvgIpc) is 2.41. The lowest BCUT2D eigenvalue weighted by Crippen LogP contribution is -2.16. The molecule has 0 amide bonds. The highest BCUT2D eigenvalue weighted by molar-refractivity contribution is 5.90. The molecule has 0 saturated carbocycles. The largest absolute Gasteiger partial charge is 0.501 e. The number of ether oxygens (including phenoxy) is 1. The first-order valence-corrected chi connectivity index (χ1v) is 4.81. The number of carbonyl (C=O) groups excluding carboxylic acids is 1. The van der Waals surface area contributed by atoms with Gasteiger partial charge in [-0.25, -0.2) is 14.8 Å². The van der Waals surface area contributed by atoms with E-state index >= 15 is 0 Å².